The quantitative estimate of drug-likeness (QED) is 0.0748. The van der Waals surface area contributed by atoms with E-state index in [1.165, 1.54) is 9.13 Å². The van der Waals surface area contributed by atoms with Crippen LogP contribution in [0, 0.1) is 0 Å². The van der Waals surface area contributed by atoms with Crippen molar-refractivity contribution in [1.82, 2.24) is 9.13 Å². The molecule has 52 heavy (non-hydrogen) atoms. The molecule has 2 N–H and O–H groups in total. The van der Waals surface area contributed by atoms with Crippen LogP contribution < -0.4 is 21.8 Å². The highest BCUT2D eigenvalue weighted by atomic mass is 79.9. The number of nitrogens with zero attached hydrogens (tertiary/aromatic N) is 4. The molecule has 6 rings (SSSR count). The molecule has 272 valence electrons. The summed E-state index contributed by atoms with van der Waals surface area (Å²) in [6, 6.07) is 18.7. The zero-order valence-electron chi connectivity index (χ0n) is 29.9. The molecular weight excluding hydrogens is 784 g/mol. The highest BCUT2D eigenvalue weighted by Crippen LogP contribution is 2.43. The van der Waals surface area contributed by atoms with E-state index < -0.39 is 0 Å². The van der Waals surface area contributed by atoms with E-state index in [1.807, 2.05) is 60.7 Å². The summed E-state index contributed by atoms with van der Waals surface area (Å²) in [5.41, 5.74) is 0.442. The SMILES string of the molecule is CCCCCCCCn1c(O)c2c(=Nc3ccccc3)c(=Nc3ccccc3)c3c(O)n(CCCCCCCC)c(=O)c4c(Br)c(Br)c(c1=O)c2c34. The molecule has 0 atom stereocenters. The van der Waals surface area contributed by atoms with Crippen molar-refractivity contribution < 1.29 is 10.2 Å². The molecule has 0 aliphatic heterocycles. The Bertz CT molecular complexity index is 2260. The third-order valence-corrected chi connectivity index (χ3v) is 12.0. The van der Waals surface area contributed by atoms with Gasteiger partial charge in [-0.3, -0.25) is 18.7 Å². The lowest BCUT2D eigenvalue weighted by Gasteiger charge is -2.21. The van der Waals surface area contributed by atoms with Crippen LogP contribution in [0.3, 0.4) is 0 Å². The number of pyridine rings is 2. The normalized spacial score (nSPS) is 12.7. The number of rotatable bonds is 16. The van der Waals surface area contributed by atoms with Gasteiger partial charge in [-0.2, -0.15) is 0 Å². The predicted octanol–water partition coefficient (Wildman–Crippen LogP) is 10.5. The second kappa shape index (κ2) is 17.2. The van der Waals surface area contributed by atoms with Gasteiger partial charge in [0.15, 0.2) is 0 Å². The van der Waals surface area contributed by atoms with E-state index in [2.05, 4.69) is 45.7 Å². The van der Waals surface area contributed by atoms with Gasteiger partial charge in [-0.15, -0.1) is 0 Å². The van der Waals surface area contributed by atoms with E-state index in [1.54, 1.807) is 0 Å². The smallest absolute Gasteiger partial charge is 0.262 e. The van der Waals surface area contributed by atoms with Crippen molar-refractivity contribution >= 4 is 75.6 Å². The average molecular weight is 831 g/mol. The first kappa shape index (κ1) is 37.7. The molecule has 2 aromatic heterocycles. The molecular formula is C42H46Br2N4O4. The summed E-state index contributed by atoms with van der Waals surface area (Å²) in [5, 5.41) is 27.0. The molecule has 4 aromatic carbocycles. The van der Waals surface area contributed by atoms with Gasteiger partial charge in [-0.1, -0.05) is 114 Å². The van der Waals surface area contributed by atoms with Gasteiger partial charge >= 0.3 is 0 Å². The minimum Gasteiger partial charge on any atom is -0.494 e. The highest BCUT2D eigenvalue weighted by Gasteiger charge is 2.29. The third kappa shape index (κ3) is 7.42. The van der Waals surface area contributed by atoms with Crippen molar-refractivity contribution in [3.05, 3.63) is 101 Å². The molecule has 8 nitrogen and oxygen atoms in total. The lowest BCUT2D eigenvalue weighted by molar-refractivity contribution is 0.404. The van der Waals surface area contributed by atoms with Crippen LogP contribution in [0.4, 0.5) is 11.4 Å². The van der Waals surface area contributed by atoms with Gasteiger partial charge in [0.1, 0.15) is 10.7 Å². The number of hydrogen-bond acceptors (Lipinski definition) is 6. The lowest BCUT2D eigenvalue weighted by atomic mass is 9.94. The fraction of sp³-hybridized carbons (Fsp3) is 0.381. The Morgan fingerprint density at radius 2 is 0.846 bits per heavy atom. The molecule has 0 radical (unpaired) electrons. The molecule has 0 aliphatic carbocycles. The van der Waals surface area contributed by atoms with Crippen molar-refractivity contribution in [3.8, 4) is 11.8 Å². The Hall–Kier alpha value is -4.02. The maximum Gasteiger partial charge on any atom is 0.262 e. The van der Waals surface area contributed by atoms with Crippen LogP contribution in [0.5, 0.6) is 11.8 Å². The van der Waals surface area contributed by atoms with E-state index in [0.717, 1.165) is 64.2 Å². The Labute approximate surface area is 320 Å². The molecule has 10 heteroatoms. The van der Waals surface area contributed by atoms with Gasteiger partial charge in [0.05, 0.1) is 32.9 Å². The summed E-state index contributed by atoms with van der Waals surface area (Å²) in [6.45, 7) is 4.98. The van der Waals surface area contributed by atoms with Crippen molar-refractivity contribution in [1.29, 1.82) is 0 Å². The van der Waals surface area contributed by atoms with E-state index in [9.17, 15) is 19.8 Å². The minimum atomic E-state index is -0.386. The molecule has 6 aromatic rings. The Kier molecular flexibility index (Phi) is 12.5. The molecule has 0 spiro atoms. The predicted molar refractivity (Wildman–Crippen MR) is 219 cm³/mol. The number of unbranched alkanes of at least 4 members (excludes halogenated alkanes) is 10. The maximum absolute atomic E-state index is 14.5. The molecule has 0 saturated heterocycles. The first-order chi connectivity index (χ1) is 25.3. The van der Waals surface area contributed by atoms with Gasteiger partial charge in [0.2, 0.25) is 11.8 Å². The topological polar surface area (TPSA) is 109 Å². The molecule has 0 amide bonds. The molecule has 0 unspecified atom stereocenters. The van der Waals surface area contributed by atoms with Gasteiger partial charge in [-0.05, 0) is 69.0 Å². The van der Waals surface area contributed by atoms with Crippen LogP contribution in [0.2, 0.25) is 0 Å². The monoisotopic (exact) mass is 828 g/mol. The van der Waals surface area contributed by atoms with Gasteiger partial charge in [0, 0.05) is 32.8 Å². The Morgan fingerprint density at radius 3 is 1.21 bits per heavy atom. The second-order valence-corrected chi connectivity index (χ2v) is 15.2. The Morgan fingerprint density at radius 1 is 0.500 bits per heavy atom. The standard InChI is InChI=1S/C42H46Br2N4O4/c1-3-5-7-9-11-19-25-47-39(49)31-29-30-32(36(44)35(31)43)40(50)48(26-20-12-10-8-6-4-2)42(52)34(30)38(46-28-23-17-14-18-24-28)37(33(29)41(47)51)45-27-21-15-13-16-22-27/h13-18,21-24,51-52H,3-12,19-20,25-26H2,1-2H3. The van der Waals surface area contributed by atoms with Crippen LogP contribution in [0.25, 0.3) is 32.3 Å². The summed E-state index contributed by atoms with van der Waals surface area (Å²) >= 11 is 7.41. The zero-order chi connectivity index (χ0) is 36.8. The highest BCUT2D eigenvalue weighted by molar-refractivity contribution is 9.13. The second-order valence-electron chi connectivity index (χ2n) is 13.6. The van der Waals surface area contributed by atoms with E-state index in [4.69, 9.17) is 9.98 Å². The van der Waals surface area contributed by atoms with Crippen molar-refractivity contribution in [3.63, 3.8) is 0 Å². The third-order valence-electron chi connectivity index (χ3n) is 9.92. The number of para-hydroxylation sites is 2. The van der Waals surface area contributed by atoms with Crippen LogP contribution in [0.1, 0.15) is 90.9 Å². The van der Waals surface area contributed by atoms with Gasteiger partial charge < -0.3 is 10.2 Å². The number of halogens is 2. The first-order valence-electron chi connectivity index (χ1n) is 18.6. The number of aromatic hydroxyl groups is 2. The van der Waals surface area contributed by atoms with E-state index >= 15 is 0 Å². The van der Waals surface area contributed by atoms with Crippen LogP contribution in [0.15, 0.2) is 89.2 Å². The molecule has 0 saturated carbocycles. The van der Waals surface area contributed by atoms with Crippen molar-refractivity contribution in [2.24, 2.45) is 9.98 Å². The van der Waals surface area contributed by atoms with Crippen LogP contribution in [-0.4, -0.2) is 19.3 Å². The molecule has 0 bridgehead atoms. The maximum atomic E-state index is 14.5. The fourth-order valence-electron chi connectivity index (χ4n) is 7.23. The van der Waals surface area contributed by atoms with E-state index in [-0.39, 0.29) is 22.9 Å². The summed E-state index contributed by atoms with van der Waals surface area (Å²) in [4.78, 5) is 39.2. The first-order valence-corrected chi connectivity index (χ1v) is 20.2. The van der Waals surface area contributed by atoms with Crippen LogP contribution in [-0.2, 0) is 13.1 Å². The Balaban J connectivity index is 1.76. The summed E-state index contributed by atoms with van der Waals surface area (Å²) < 4.78 is 3.68. The summed E-state index contributed by atoms with van der Waals surface area (Å²) in [7, 11) is 0. The number of hydrogen-bond donors (Lipinski definition) is 2. The molecule has 2 heterocycles. The fourth-order valence-corrected chi connectivity index (χ4v) is 8.36. The summed E-state index contributed by atoms with van der Waals surface area (Å²) in [5.74, 6) is -0.475. The molecule has 0 aliphatic rings. The van der Waals surface area contributed by atoms with Gasteiger partial charge in [0.25, 0.3) is 11.1 Å². The minimum absolute atomic E-state index is 0.238. The lowest BCUT2D eigenvalue weighted by Crippen LogP contribution is -2.33. The van der Waals surface area contributed by atoms with Crippen molar-refractivity contribution in [2.75, 3.05) is 0 Å². The average Bonchev–Trinajstić information content (AvgIpc) is 3.14. The molecule has 0 fully saturated rings. The largest absolute Gasteiger partial charge is 0.494 e. The zero-order valence-corrected chi connectivity index (χ0v) is 33.1. The summed E-state index contributed by atoms with van der Waals surface area (Å²) in [6.07, 6.45) is 12.2. The van der Waals surface area contributed by atoms with Crippen molar-refractivity contribution in [2.45, 2.75) is 104 Å². The number of aromatic nitrogens is 2. The van der Waals surface area contributed by atoms with Crippen LogP contribution >= 0.6 is 31.9 Å². The van der Waals surface area contributed by atoms with E-state index in [0.29, 0.717) is 89.3 Å². The number of benzene rings is 4. The van der Waals surface area contributed by atoms with Gasteiger partial charge in [-0.25, -0.2) is 9.98 Å².